The molecule has 8 nitrogen and oxygen atoms in total. The van der Waals surface area contributed by atoms with Crippen molar-refractivity contribution in [3.63, 3.8) is 0 Å². The predicted molar refractivity (Wildman–Crippen MR) is 141 cm³/mol. The molecule has 3 fully saturated rings. The summed E-state index contributed by atoms with van der Waals surface area (Å²) in [6.45, 7) is 1.58. The van der Waals surface area contributed by atoms with Crippen molar-refractivity contribution in [3.8, 4) is 0 Å². The highest BCUT2D eigenvalue weighted by atomic mass is 16.6. The van der Waals surface area contributed by atoms with Crippen molar-refractivity contribution in [2.45, 2.75) is 75.1 Å². The minimum absolute atomic E-state index is 0.0147. The third-order valence-electron chi connectivity index (χ3n) is 10.8. The molecule has 0 amide bonds. The predicted octanol–water partition coefficient (Wildman–Crippen LogP) is 3.08. The average Bonchev–Trinajstić information content (AvgIpc) is 3.39. The Morgan fingerprint density at radius 2 is 2.03 bits per heavy atom. The highest BCUT2D eigenvalue weighted by Crippen LogP contribution is 2.61. The van der Waals surface area contributed by atoms with E-state index in [1.165, 1.54) is 7.11 Å². The van der Waals surface area contributed by atoms with Gasteiger partial charge in [0.05, 0.1) is 43.3 Å². The first-order valence-electron chi connectivity index (χ1n) is 14.6. The Balaban J connectivity index is 1.34. The van der Waals surface area contributed by atoms with Crippen LogP contribution in [0, 0.1) is 29.6 Å². The fourth-order valence-corrected chi connectivity index (χ4v) is 9.16. The number of nitrogens with zero attached hydrogens (tertiary/aromatic N) is 1. The van der Waals surface area contributed by atoms with Crippen LogP contribution in [-0.2, 0) is 19.0 Å². The fraction of sp³-hybridized carbons (Fsp3) is 0.645. The van der Waals surface area contributed by atoms with Gasteiger partial charge in [-0.25, -0.2) is 4.79 Å². The number of aliphatic hydroxyl groups excluding tert-OH is 2. The first kappa shape index (κ1) is 25.6. The van der Waals surface area contributed by atoms with Crippen LogP contribution < -0.4 is 0 Å². The SMILES string of the molecule is COC1=C(CO)C(=O)OC1=C1OC2=CC3C=CC4(CCCC5N4C3CCC5(O)C3C=CCC(C)C3)C2C1CO. The van der Waals surface area contributed by atoms with Gasteiger partial charge in [-0.2, -0.15) is 0 Å². The van der Waals surface area contributed by atoms with Crippen LogP contribution in [0.25, 0.3) is 0 Å². The number of cyclic esters (lactones) is 1. The molecule has 3 N–H and O–H groups in total. The van der Waals surface area contributed by atoms with Gasteiger partial charge in [-0.3, -0.25) is 4.90 Å². The van der Waals surface area contributed by atoms with E-state index in [1.807, 2.05) is 0 Å². The lowest BCUT2D eigenvalue weighted by molar-refractivity contribution is -0.186. The average molecular weight is 538 g/mol. The van der Waals surface area contributed by atoms with Crippen LogP contribution in [-0.4, -0.2) is 69.7 Å². The number of ether oxygens (including phenoxy) is 3. The molecule has 6 heterocycles. The lowest BCUT2D eigenvalue weighted by Crippen LogP contribution is -2.74. The third kappa shape index (κ3) is 3.41. The van der Waals surface area contributed by atoms with Crippen LogP contribution >= 0.6 is 0 Å². The molecule has 0 radical (unpaired) electrons. The molecule has 0 aromatic heterocycles. The molecule has 39 heavy (non-hydrogen) atoms. The van der Waals surface area contributed by atoms with Gasteiger partial charge in [-0.15, -0.1) is 0 Å². The first-order valence-corrected chi connectivity index (χ1v) is 14.6. The van der Waals surface area contributed by atoms with Gasteiger partial charge >= 0.3 is 5.97 Å². The van der Waals surface area contributed by atoms with Crippen molar-refractivity contribution in [1.29, 1.82) is 0 Å². The number of carbonyl (C=O) groups is 1. The van der Waals surface area contributed by atoms with Crippen LogP contribution in [0.3, 0.4) is 0 Å². The molecular formula is C31H39NO7. The van der Waals surface area contributed by atoms with Gasteiger partial charge in [0.15, 0.2) is 11.5 Å². The zero-order valence-electron chi connectivity index (χ0n) is 22.7. The summed E-state index contributed by atoms with van der Waals surface area (Å²) in [6, 6.07) is 0.281. The largest absolute Gasteiger partial charge is 0.492 e. The molecule has 0 saturated carbocycles. The molecule has 3 saturated heterocycles. The van der Waals surface area contributed by atoms with Gasteiger partial charge in [-0.05, 0) is 56.9 Å². The van der Waals surface area contributed by atoms with Crippen LogP contribution in [0.15, 0.2) is 59.0 Å². The van der Waals surface area contributed by atoms with E-state index in [4.69, 9.17) is 14.2 Å². The fourth-order valence-electron chi connectivity index (χ4n) is 9.16. The summed E-state index contributed by atoms with van der Waals surface area (Å²) in [5.41, 5.74) is -1.18. The smallest absolute Gasteiger partial charge is 0.345 e. The number of piperidine rings is 2. The number of allylic oxidation sites excluding steroid dienone is 1. The summed E-state index contributed by atoms with van der Waals surface area (Å²) in [5, 5.41) is 33.1. The number of hydrogen-bond donors (Lipinski definition) is 3. The zero-order valence-corrected chi connectivity index (χ0v) is 22.7. The Labute approximate surface area is 229 Å². The highest BCUT2D eigenvalue weighted by Gasteiger charge is 2.66. The Bertz CT molecular complexity index is 1230. The highest BCUT2D eigenvalue weighted by molar-refractivity contribution is 5.94. The molecule has 9 unspecified atom stereocenters. The van der Waals surface area contributed by atoms with E-state index in [0.717, 1.165) is 50.7 Å². The van der Waals surface area contributed by atoms with Gasteiger partial charge < -0.3 is 29.5 Å². The van der Waals surface area contributed by atoms with Crippen molar-refractivity contribution < 1.29 is 34.3 Å². The van der Waals surface area contributed by atoms with Gasteiger partial charge in [0.2, 0.25) is 5.76 Å². The van der Waals surface area contributed by atoms with E-state index < -0.39 is 29.6 Å². The lowest BCUT2D eigenvalue weighted by Gasteiger charge is -2.65. The molecular weight excluding hydrogens is 498 g/mol. The van der Waals surface area contributed by atoms with Crippen LogP contribution in [0.1, 0.15) is 51.9 Å². The van der Waals surface area contributed by atoms with Crippen LogP contribution in [0.2, 0.25) is 0 Å². The van der Waals surface area contributed by atoms with E-state index in [1.54, 1.807) is 0 Å². The molecule has 8 aliphatic rings. The molecule has 2 bridgehead atoms. The maximum Gasteiger partial charge on any atom is 0.345 e. The lowest BCUT2D eigenvalue weighted by atomic mass is 9.59. The monoisotopic (exact) mass is 537 g/mol. The minimum atomic E-state index is -0.800. The molecule has 6 aliphatic heterocycles. The minimum Gasteiger partial charge on any atom is -0.492 e. The number of rotatable bonds is 4. The maximum absolute atomic E-state index is 12.5. The Kier molecular flexibility index (Phi) is 5.94. The first-order chi connectivity index (χ1) is 18.9. The molecule has 2 aliphatic carbocycles. The summed E-state index contributed by atoms with van der Waals surface area (Å²) in [4.78, 5) is 15.1. The summed E-state index contributed by atoms with van der Waals surface area (Å²) in [7, 11) is 1.43. The summed E-state index contributed by atoms with van der Waals surface area (Å²) < 4.78 is 17.6. The maximum atomic E-state index is 12.5. The molecule has 9 atom stereocenters. The topological polar surface area (TPSA) is 109 Å². The molecule has 0 aromatic carbocycles. The number of aliphatic hydroxyl groups is 3. The molecule has 0 aromatic rings. The van der Waals surface area contributed by atoms with E-state index in [9.17, 15) is 20.1 Å². The standard InChI is InChI=1S/C31H39NO7/c1-17-5-3-6-19(13-17)31(36)12-9-22-18-8-11-30(10-4-7-24(31)32(22)30)25-20(15-33)27(38-23(25)14-18)28-26(37-2)21(16-34)29(35)39-28/h3,6,8,11,14,17-20,22,24-25,33-34,36H,4-5,7,9-10,12-13,15-16H2,1-2H3. The molecule has 8 heteroatoms. The second-order valence-corrected chi connectivity index (χ2v) is 12.6. The molecule has 210 valence electrons. The number of methoxy groups -OCH3 is 1. The second kappa shape index (κ2) is 9.06. The van der Waals surface area contributed by atoms with Crippen LogP contribution in [0.4, 0.5) is 0 Å². The summed E-state index contributed by atoms with van der Waals surface area (Å²) in [6.07, 6.45) is 17.9. The van der Waals surface area contributed by atoms with E-state index >= 15 is 0 Å². The van der Waals surface area contributed by atoms with Gasteiger partial charge in [0.1, 0.15) is 11.3 Å². The molecule has 8 rings (SSSR count). The van der Waals surface area contributed by atoms with Crippen molar-refractivity contribution in [1.82, 2.24) is 4.90 Å². The van der Waals surface area contributed by atoms with Crippen LogP contribution in [0.5, 0.6) is 0 Å². The normalized spacial score (nSPS) is 46.4. The van der Waals surface area contributed by atoms with E-state index in [0.29, 0.717) is 11.7 Å². The van der Waals surface area contributed by atoms with Gasteiger partial charge in [0, 0.05) is 23.9 Å². The van der Waals surface area contributed by atoms with Crippen molar-refractivity contribution in [3.05, 3.63) is 59.0 Å². The van der Waals surface area contributed by atoms with Gasteiger partial charge in [0.25, 0.3) is 0 Å². The van der Waals surface area contributed by atoms with Gasteiger partial charge in [-0.1, -0.05) is 31.2 Å². The van der Waals surface area contributed by atoms with Crippen molar-refractivity contribution in [2.75, 3.05) is 20.3 Å². The van der Waals surface area contributed by atoms with E-state index in [2.05, 4.69) is 42.2 Å². The number of hydrogen-bond acceptors (Lipinski definition) is 8. The quantitative estimate of drug-likeness (QED) is 0.371. The molecule has 1 spiro atoms. The Hall–Kier alpha value is -2.39. The second-order valence-electron chi connectivity index (χ2n) is 12.6. The Morgan fingerprint density at radius 3 is 2.77 bits per heavy atom. The van der Waals surface area contributed by atoms with E-state index in [-0.39, 0.29) is 53.5 Å². The summed E-state index contributed by atoms with van der Waals surface area (Å²) in [5.74, 6) is 0.988. The Morgan fingerprint density at radius 1 is 1.18 bits per heavy atom. The zero-order chi connectivity index (χ0) is 27.1. The number of carbonyl (C=O) groups excluding carboxylic acids is 1. The van der Waals surface area contributed by atoms with Crippen molar-refractivity contribution >= 4 is 5.97 Å². The number of esters is 1. The summed E-state index contributed by atoms with van der Waals surface area (Å²) >= 11 is 0. The third-order valence-corrected chi connectivity index (χ3v) is 10.8. The van der Waals surface area contributed by atoms with Crippen molar-refractivity contribution in [2.24, 2.45) is 29.6 Å².